The van der Waals surface area contributed by atoms with Gasteiger partial charge in [-0.25, -0.2) is 0 Å². The van der Waals surface area contributed by atoms with Crippen LogP contribution in [0.2, 0.25) is 5.02 Å². The van der Waals surface area contributed by atoms with Crippen molar-refractivity contribution < 1.29 is 19.8 Å². The Kier molecular flexibility index (Phi) is 3.74. The molecular weight excluding hydrogens is 308 g/mol. The van der Waals surface area contributed by atoms with E-state index >= 15 is 0 Å². The molecule has 1 aliphatic heterocycles. The second-order valence-electron chi connectivity index (χ2n) is 5.05. The fourth-order valence-corrected chi connectivity index (χ4v) is 2.58. The molecule has 0 saturated heterocycles. The van der Waals surface area contributed by atoms with Gasteiger partial charge in [-0.1, -0.05) is 17.7 Å². The third-order valence-electron chi connectivity index (χ3n) is 3.45. The van der Waals surface area contributed by atoms with Gasteiger partial charge in [-0.05, 0) is 30.4 Å². The molecule has 3 rings (SSSR count). The first-order chi connectivity index (χ1) is 10.5. The highest BCUT2D eigenvalue weighted by Gasteiger charge is 2.30. The Labute approximate surface area is 131 Å². The molecule has 22 heavy (non-hydrogen) atoms. The summed E-state index contributed by atoms with van der Waals surface area (Å²) in [5.74, 6) is -0.866. The molecule has 0 bridgehead atoms. The standard InChI is InChI=1S/C15H13ClN2O4/c16-8-1-3-10-11(5-8)18(15(22)7-14(21)17-10)9-2-4-12(19)13(20)6-9/h1-6,12-13,19-20H,7H2,(H,17,21)/t12-,13-/m0/s1. The van der Waals surface area contributed by atoms with Crippen molar-refractivity contribution in [1.29, 1.82) is 0 Å². The number of rotatable bonds is 1. The molecule has 1 aliphatic carbocycles. The lowest BCUT2D eigenvalue weighted by molar-refractivity contribution is -0.124. The maximum absolute atomic E-state index is 12.4. The summed E-state index contributed by atoms with van der Waals surface area (Å²) in [6.45, 7) is 0. The number of amides is 2. The Morgan fingerprint density at radius 3 is 2.73 bits per heavy atom. The van der Waals surface area contributed by atoms with Gasteiger partial charge in [-0.2, -0.15) is 0 Å². The lowest BCUT2D eigenvalue weighted by Crippen LogP contribution is -2.34. The van der Waals surface area contributed by atoms with Crippen LogP contribution in [0.4, 0.5) is 11.4 Å². The monoisotopic (exact) mass is 320 g/mol. The predicted molar refractivity (Wildman–Crippen MR) is 81.4 cm³/mol. The third-order valence-corrected chi connectivity index (χ3v) is 3.68. The number of nitrogens with one attached hydrogen (secondary N) is 1. The van der Waals surface area contributed by atoms with Gasteiger partial charge in [0.25, 0.3) is 0 Å². The van der Waals surface area contributed by atoms with Gasteiger partial charge >= 0.3 is 0 Å². The van der Waals surface area contributed by atoms with Crippen LogP contribution >= 0.6 is 11.6 Å². The van der Waals surface area contributed by atoms with Crippen LogP contribution in [0.1, 0.15) is 6.42 Å². The van der Waals surface area contributed by atoms with Gasteiger partial charge in [-0.15, -0.1) is 0 Å². The normalized spacial score (nSPS) is 24.5. The van der Waals surface area contributed by atoms with Gasteiger partial charge in [0, 0.05) is 10.7 Å². The fraction of sp³-hybridized carbons (Fsp3) is 0.200. The lowest BCUT2D eigenvalue weighted by Gasteiger charge is -2.27. The average Bonchev–Trinajstić information content (AvgIpc) is 2.57. The largest absolute Gasteiger partial charge is 0.386 e. The smallest absolute Gasteiger partial charge is 0.241 e. The second kappa shape index (κ2) is 5.57. The van der Waals surface area contributed by atoms with Crippen LogP contribution in [0, 0.1) is 0 Å². The van der Waals surface area contributed by atoms with Crippen molar-refractivity contribution in [2.75, 3.05) is 10.2 Å². The predicted octanol–water partition coefficient (Wildman–Crippen LogP) is 1.19. The zero-order chi connectivity index (χ0) is 15.9. The van der Waals surface area contributed by atoms with Crippen molar-refractivity contribution in [2.24, 2.45) is 0 Å². The van der Waals surface area contributed by atoms with Crippen LogP contribution in [-0.2, 0) is 9.59 Å². The molecule has 0 aromatic heterocycles. The van der Waals surface area contributed by atoms with Crippen LogP contribution in [0.15, 0.2) is 42.1 Å². The molecule has 0 fully saturated rings. The minimum atomic E-state index is -1.12. The number of allylic oxidation sites excluding steroid dienone is 1. The Bertz CT molecular complexity index is 713. The molecule has 1 aromatic carbocycles. The van der Waals surface area contributed by atoms with Crippen LogP contribution in [0.25, 0.3) is 0 Å². The first kappa shape index (κ1) is 14.8. The maximum atomic E-state index is 12.4. The highest BCUT2D eigenvalue weighted by atomic mass is 35.5. The van der Waals surface area contributed by atoms with E-state index in [0.717, 1.165) is 0 Å². The van der Waals surface area contributed by atoms with E-state index in [9.17, 15) is 19.8 Å². The minimum absolute atomic E-state index is 0.323. The van der Waals surface area contributed by atoms with Gasteiger partial charge in [-0.3, -0.25) is 14.5 Å². The number of aliphatic hydroxyl groups is 2. The van der Waals surface area contributed by atoms with E-state index < -0.39 is 24.0 Å². The summed E-state index contributed by atoms with van der Waals surface area (Å²) < 4.78 is 0. The first-order valence-electron chi connectivity index (χ1n) is 6.64. The summed E-state index contributed by atoms with van der Waals surface area (Å²) in [6.07, 6.45) is 1.80. The molecule has 0 radical (unpaired) electrons. The molecule has 3 N–H and O–H groups in total. The molecule has 2 aliphatic rings. The number of anilines is 2. The highest BCUT2D eigenvalue weighted by Crippen LogP contribution is 2.35. The summed E-state index contributed by atoms with van der Waals surface area (Å²) in [7, 11) is 0. The van der Waals surface area contributed by atoms with Crippen molar-refractivity contribution in [3.63, 3.8) is 0 Å². The Balaban J connectivity index is 2.12. The molecule has 7 heteroatoms. The summed E-state index contributed by atoms with van der Waals surface area (Å²) in [5, 5.41) is 22.3. The molecule has 1 heterocycles. The SMILES string of the molecule is O=C1CC(=O)N(C2=C[C@H](O)[C@@H](O)C=C2)c2cc(Cl)ccc2N1. The molecule has 0 saturated carbocycles. The quantitative estimate of drug-likeness (QED) is 0.678. The Morgan fingerprint density at radius 1 is 1.23 bits per heavy atom. The topological polar surface area (TPSA) is 89.9 Å². The molecule has 1 aromatic rings. The number of carbonyl (C=O) groups is 2. The molecule has 0 unspecified atom stereocenters. The van der Waals surface area contributed by atoms with Gasteiger partial charge in [0.15, 0.2) is 0 Å². The lowest BCUT2D eigenvalue weighted by atomic mass is 10.0. The van der Waals surface area contributed by atoms with E-state index in [-0.39, 0.29) is 6.42 Å². The van der Waals surface area contributed by atoms with Gasteiger partial charge in [0.05, 0.1) is 11.4 Å². The zero-order valence-electron chi connectivity index (χ0n) is 11.4. The number of aliphatic hydroxyl groups excluding tert-OH is 2. The first-order valence-corrected chi connectivity index (χ1v) is 7.02. The molecule has 114 valence electrons. The number of benzene rings is 1. The molecule has 6 nitrogen and oxygen atoms in total. The Hall–Kier alpha value is -2.15. The summed E-state index contributed by atoms with van der Waals surface area (Å²) >= 11 is 5.99. The third kappa shape index (κ3) is 2.64. The Morgan fingerprint density at radius 2 is 2.00 bits per heavy atom. The van der Waals surface area contributed by atoms with E-state index in [0.29, 0.717) is 22.1 Å². The number of fused-ring (bicyclic) bond motifs is 1. The van der Waals surface area contributed by atoms with Crippen LogP contribution in [0.5, 0.6) is 0 Å². The van der Waals surface area contributed by atoms with E-state index in [1.165, 1.54) is 23.1 Å². The molecule has 2 amide bonds. The number of nitrogens with zero attached hydrogens (tertiary/aromatic N) is 1. The minimum Gasteiger partial charge on any atom is -0.386 e. The van der Waals surface area contributed by atoms with Crippen LogP contribution in [-0.4, -0.2) is 34.2 Å². The molecule has 2 atom stereocenters. The summed E-state index contributed by atoms with van der Waals surface area (Å²) in [5.41, 5.74) is 1.25. The van der Waals surface area contributed by atoms with E-state index in [1.807, 2.05) is 0 Å². The zero-order valence-corrected chi connectivity index (χ0v) is 12.1. The molecular formula is C15H13ClN2O4. The maximum Gasteiger partial charge on any atom is 0.241 e. The van der Waals surface area contributed by atoms with Crippen molar-refractivity contribution in [3.05, 3.63) is 47.1 Å². The highest BCUT2D eigenvalue weighted by molar-refractivity contribution is 6.31. The second-order valence-corrected chi connectivity index (χ2v) is 5.48. The number of carbonyl (C=O) groups excluding carboxylic acids is 2. The van der Waals surface area contributed by atoms with Crippen molar-refractivity contribution in [3.8, 4) is 0 Å². The van der Waals surface area contributed by atoms with E-state index in [2.05, 4.69) is 5.32 Å². The average molecular weight is 321 g/mol. The van der Waals surface area contributed by atoms with Crippen molar-refractivity contribution in [1.82, 2.24) is 0 Å². The fourth-order valence-electron chi connectivity index (χ4n) is 2.41. The number of hydrogen-bond donors (Lipinski definition) is 3. The van der Waals surface area contributed by atoms with Crippen LogP contribution in [0.3, 0.4) is 0 Å². The van der Waals surface area contributed by atoms with Crippen molar-refractivity contribution >= 4 is 34.8 Å². The number of hydrogen-bond acceptors (Lipinski definition) is 4. The van der Waals surface area contributed by atoms with Crippen LogP contribution < -0.4 is 10.2 Å². The van der Waals surface area contributed by atoms with Gasteiger partial charge in [0.2, 0.25) is 11.8 Å². The number of halogens is 1. The molecule has 0 spiro atoms. The summed E-state index contributed by atoms with van der Waals surface area (Å²) in [6, 6.07) is 4.78. The van der Waals surface area contributed by atoms with E-state index in [4.69, 9.17) is 11.6 Å². The van der Waals surface area contributed by atoms with Crippen molar-refractivity contribution in [2.45, 2.75) is 18.6 Å². The van der Waals surface area contributed by atoms with E-state index in [1.54, 1.807) is 18.2 Å². The van der Waals surface area contributed by atoms with Gasteiger partial charge in [0.1, 0.15) is 18.6 Å². The summed E-state index contributed by atoms with van der Waals surface area (Å²) in [4.78, 5) is 25.5. The van der Waals surface area contributed by atoms with Gasteiger partial charge < -0.3 is 15.5 Å².